The van der Waals surface area contributed by atoms with E-state index in [-0.39, 0.29) is 18.2 Å². The molecule has 1 atom stereocenters. The van der Waals surface area contributed by atoms with Crippen LogP contribution in [-0.2, 0) is 4.74 Å². The van der Waals surface area contributed by atoms with E-state index in [9.17, 15) is 4.79 Å². The quantitative estimate of drug-likeness (QED) is 0.740. The molecular formula is C10H14N2O3. The molecular weight excluding hydrogens is 196 g/mol. The molecule has 1 aromatic rings. The van der Waals surface area contributed by atoms with Crippen molar-refractivity contribution in [2.45, 2.75) is 19.3 Å². The van der Waals surface area contributed by atoms with Crippen LogP contribution in [0, 0.1) is 6.92 Å². The maximum atomic E-state index is 11.4. The first-order chi connectivity index (χ1) is 7.22. The van der Waals surface area contributed by atoms with Gasteiger partial charge in [-0.15, -0.1) is 0 Å². The van der Waals surface area contributed by atoms with Crippen molar-refractivity contribution in [2.24, 2.45) is 5.73 Å². The van der Waals surface area contributed by atoms with Crippen LogP contribution in [0.4, 0.5) is 0 Å². The molecule has 5 nitrogen and oxygen atoms in total. The van der Waals surface area contributed by atoms with Gasteiger partial charge < -0.3 is 14.9 Å². The van der Waals surface area contributed by atoms with Gasteiger partial charge in [-0.3, -0.25) is 4.79 Å². The first kappa shape index (κ1) is 10.3. The summed E-state index contributed by atoms with van der Waals surface area (Å²) in [6, 6.07) is 0. The molecule has 1 aromatic heterocycles. The molecule has 1 aliphatic rings. The van der Waals surface area contributed by atoms with E-state index in [0.717, 1.165) is 13.0 Å². The van der Waals surface area contributed by atoms with E-state index < -0.39 is 0 Å². The Hall–Kier alpha value is -1.20. The van der Waals surface area contributed by atoms with Gasteiger partial charge in [0.1, 0.15) is 0 Å². The smallest absolute Gasteiger partial charge is 0.213 e. The van der Waals surface area contributed by atoms with Crippen molar-refractivity contribution in [1.82, 2.24) is 4.98 Å². The highest BCUT2D eigenvalue weighted by Gasteiger charge is 2.25. The summed E-state index contributed by atoms with van der Waals surface area (Å²) in [7, 11) is 0. The van der Waals surface area contributed by atoms with Crippen LogP contribution in [0.2, 0.25) is 0 Å². The largest absolute Gasteiger partial charge is 0.437 e. The number of aryl methyl sites for hydroxylation is 1. The highest BCUT2D eigenvalue weighted by Crippen LogP contribution is 2.26. The minimum absolute atomic E-state index is 0.0450. The summed E-state index contributed by atoms with van der Waals surface area (Å²) in [6.45, 7) is 3.06. The summed E-state index contributed by atoms with van der Waals surface area (Å²) in [4.78, 5) is 15.6. The second-order valence-electron chi connectivity index (χ2n) is 3.65. The fraction of sp³-hybridized carbons (Fsp3) is 0.600. The van der Waals surface area contributed by atoms with Crippen LogP contribution < -0.4 is 5.73 Å². The summed E-state index contributed by atoms with van der Waals surface area (Å²) >= 11 is 0. The topological polar surface area (TPSA) is 78.4 Å². The van der Waals surface area contributed by atoms with E-state index in [0.29, 0.717) is 24.0 Å². The van der Waals surface area contributed by atoms with Crippen LogP contribution in [0.15, 0.2) is 4.42 Å². The number of hydrogen-bond acceptors (Lipinski definition) is 5. The highest BCUT2D eigenvalue weighted by molar-refractivity contribution is 5.95. The number of carbonyl (C=O) groups excluding carboxylic acids is 1. The Morgan fingerprint density at radius 3 is 3.07 bits per heavy atom. The van der Waals surface area contributed by atoms with Gasteiger partial charge in [0.25, 0.3) is 0 Å². The summed E-state index contributed by atoms with van der Waals surface area (Å²) in [6.07, 6.45) is 0.899. The Bertz CT molecular complexity index is 367. The van der Waals surface area contributed by atoms with E-state index >= 15 is 0 Å². The minimum atomic E-state index is -0.204. The summed E-state index contributed by atoms with van der Waals surface area (Å²) in [5.41, 5.74) is 5.89. The number of nitrogens with zero attached hydrogens (tertiary/aromatic N) is 1. The van der Waals surface area contributed by atoms with Gasteiger partial charge in [-0.05, 0) is 13.3 Å². The molecule has 1 aliphatic heterocycles. The third kappa shape index (κ3) is 1.93. The number of Topliss-reactive ketones (excluding diaryl/α,β-unsaturated/α-hetero) is 1. The fourth-order valence-corrected chi connectivity index (χ4v) is 1.67. The normalized spacial score (nSPS) is 20.8. The van der Waals surface area contributed by atoms with Crippen molar-refractivity contribution >= 4 is 5.78 Å². The zero-order chi connectivity index (χ0) is 10.8. The van der Waals surface area contributed by atoms with Gasteiger partial charge in [0.05, 0.1) is 24.8 Å². The Morgan fingerprint density at radius 1 is 1.67 bits per heavy atom. The molecule has 0 bridgehead atoms. The minimum Gasteiger partial charge on any atom is -0.437 e. The van der Waals surface area contributed by atoms with Crippen LogP contribution in [0.5, 0.6) is 0 Å². The van der Waals surface area contributed by atoms with Gasteiger partial charge in [0.15, 0.2) is 5.76 Å². The number of oxazole rings is 1. The molecule has 82 valence electrons. The van der Waals surface area contributed by atoms with E-state index in [1.165, 1.54) is 0 Å². The van der Waals surface area contributed by atoms with Crippen LogP contribution >= 0.6 is 0 Å². The number of aromatic nitrogens is 1. The van der Waals surface area contributed by atoms with Gasteiger partial charge >= 0.3 is 0 Å². The molecule has 0 spiro atoms. The molecule has 2 N–H and O–H groups in total. The van der Waals surface area contributed by atoms with Crippen LogP contribution in [-0.4, -0.2) is 30.5 Å². The molecule has 1 fully saturated rings. The molecule has 0 amide bonds. The average molecular weight is 210 g/mol. The SMILES string of the molecule is Cc1nc(C2CCOC2)oc1C(=O)CN. The number of ether oxygens (including phenoxy) is 1. The summed E-state index contributed by atoms with van der Waals surface area (Å²) in [5.74, 6) is 0.870. The number of ketones is 1. The van der Waals surface area contributed by atoms with Crippen LogP contribution in [0.3, 0.4) is 0 Å². The first-order valence-corrected chi connectivity index (χ1v) is 5.00. The standard InChI is InChI=1S/C10H14N2O3/c1-6-9(8(13)4-11)15-10(12-6)7-2-3-14-5-7/h7H,2-5,11H2,1H3. The molecule has 1 saturated heterocycles. The summed E-state index contributed by atoms with van der Waals surface area (Å²) < 4.78 is 10.7. The fourth-order valence-electron chi connectivity index (χ4n) is 1.67. The summed E-state index contributed by atoms with van der Waals surface area (Å²) in [5, 5.41) is 0. The lowest BCUT2D eigenvalue weighted by molar-refractivity contribution is 0.0971. The maximum Gasteiger partial charge on any atom is 0.213 e. The second kappa shape index (κ2) is 4.12. The van der Waals surface area contributed by atoms with E-state index in [4.69, 9.17) is 14.9 Å². The Morgan fingerprint density at radius 2 is 2.47 bits per heavy atom. The van der Waals surface area contributed by atoms with Crippen molar-refractivity contribution in [3.05, 3.63) is 17.3 Å². The first-order valence-electron chi connectivity index (χ1n) is 5.00. The van der Waals surface area contributed by atoms with Crippen molar-refractivity contribution in [3.63, 3.8) is 0 Å². The Balaban J connectivity index is 2.23. The zero-order valence-electron chi connectivity index (χ0n) is 8.66. The van der Waals surface area contributed by atoms with Crippen molar-refractivity contribution in [3.8, 4) is 0 Å². The molecule has 15 heavy (non-hydrogen) atoms. The molecule has 2 heterocycles. The molecule has 0 aliphatic carbocycles. The van der Waals surface area contributed by atoms with Crippen molar-refractivity contribution in [2.75, 3.05) is 19.8 Å². The number of rotatable bonds is 3. The van der Waals surface area contributed by atoms with Crippen molar-refractivity contribution < 1.29 is 13.9 Å². The Kier molecular flexibility index (Phi) is 2.83. The molecule has 0 saturated carbocycles. The van der Waals surface area contributed by atoms with Crippen molar-refractivity contribution in [1.29, 1.82) is 0 Å². The van der Waals surface area contributed by atoms with Gasteiger partial charge in [-0.1, -0.05) is 0 Å². The second-order valence-corrected chi connectivity index (χ2v) is 3.65. The lowest BCUT2D eigenvalue weighted by atomic mass is 10.1. The number of carbonyl (C=O) groups is 1. The number of hydrogen-bond donors (Lipinski definition) is 1. The third-order valence-corrected chi connectivity index (χ3v) is 2.53. The van der Waals surface area contributed by atoms with Gasteiger partial charge in [-0.25, -0.2) is 4.98 Å². The van der Waals surface area contributed by atoms with Crippen LogP contribution in [0.1, 0.15) is 34.5 Å². The Labute approximate surface area is 87.6 Å². The van der Waals surface area contributed by atoms with Crippen LogP contribution in [0.25, 0.3) is 0 Å². The average Bonchev–Trinajstić information content (AvgIpc) is 2.84. The maximum absolute atomic E-state index is 11.4. The molecule has 1 unspecified atom stereocenters. The van der Waals surface area contributed by atoms with E-state index in [1.54, 1.807) is 6.92 Å². The van der Waals surface area contributed by atoms with Gasteiger partial charge in [0.2, 0.25) is 11.7 Å². The lowest BCUT2D eigenvalue weighted by Crippen LogP contribution is -2.13. The van der Waals surface area contributed by atoms with E-state index in [2.05, 4.69) is 4.98 Å². The zero-order valence-corrected chi connectivity index (χ0v) is 8.66. The predicted octanol–water partition coefficient (Wildman–Crippen LogP) is 0.628. The third-order valence-electron chi connectivity index (χ3n) is 2.53. The molecule has 2 rings (SSSR count). The monoisotopic (exact) mass is 210 g/mol. The molecule has 5 heteroatoms. The predicted molar refractivity (Wildman–Crippen MR) is 52.8 cm³/mol. The molecule has 0 aromatic carbocycles. The molecule has 0 radical (unpaired) electrons. The lowest BCUT2D eigenvalue weighted by Gasteiger charge is -1.99. The number of nitrogens with two attached hydrogens (primary N) is 1. The van der Waals surface area contributed by atoms with E-state index in [1.807, 2.05) is 0 Å². The van der Waals surface area contributed by atoms with Gasteiger partial charge in [0, 0.05) is 6.61 Å². The van der Waals surface area contributed by atoms with Gasteiger partial charge in [-0.2, -0.15) is 0 Å². The highest BCUT2D eigenvalue weighted by atomic mass is 16.5.